The molecule has 23 heavy (non-hydrogen) atoms. The Bertz CT molecular complexity index is 559. The van der Waals surface area contributed by atoms with Gasteiger partial charge in [0.05, 0.1) is 0 Å². The molecule has 0 aromatic heterocycles. The van der Waals surface area contributed by atoms with Crippen LogP contribution in [0.25, 0.3) is 0 Å². The lowest BCUT2D eigenvalue weighted by Gasteiger charge is -2.24. The summed E-state index contributed by atoms with van der Waals surface area (Å²) in [5.74, 6) is -0.168. The molecule has 1 saturated heterocycles. The van der Waals surface area contributed by atoms with Crippen molar-refractivity contribution in [1.29, 1.82) is 0 Å². The maximum absolute atomic E-state index is 12.3. The van der Waals surface area contributed by atoms with E-state index in [9.17, 15) is 14.4 Å². The summed E-state index contributed by atoms with van der Waals surface area (Å²) in [6, 6.07) is 8.86. The van der Waals surface area contributed by atoms with Gasteiger partial charge in [0, 0.05) is 32.1 Å². The molecule has 1 aromatic carbocycles. The summed E-state index contributed by atoms with van der Waals surface area (Å²) < 4.78 is 0. The van der Waals surface area contributed by atoms with Crippen LogP contribution >= 0.6 is 0 Å². The number of nitrogens with zero attached hydrogens (tertiary/aromatic N) is 1. The summed E-state index contributed by atoms with van der Waals surface area (Å²) in [7, 11) is 0. The highest BCUT2D eigenvalue weighted by molar-refractivity contribution is 6.03. The van der Waals surface area contributed by atoms with Crippen molar-refractivity contribution >= 4 is 23.4 Å². The van der Waals surface area contributed by atoms with Gasteiger partial charge in [-0.25, -0.2) is 0 Å². The lowest BCUT2D eigenvalue weighted by molar-refractivity contribution is -0.124. The molecule has 1 aliphatic rings. The number of hydrogen-bond donors (Lipinski definition) is 2. The Morgan fingerprint density at radius 1 is 1.13 bits per heavy atom. The highest BCUT2D eigenvalue weighted by Gasteiger charge is 2.36. The zero-order valence-electron chi connectivity index (χ0n) is 13.4. The van der Waals surface area contributed by atoms with Crippen molar-refractivity contribution < 1.29 is 14.4 Å². The number of carbonyl (C=O) groups excluding carboxylic acids is 3. The monoisotopic (exact) mass is 317 g/mol. The molecular weight excluding hydrogens is 294 g/mol. The molecule has 0 spiro atoms. The van der Waals surface area contributed by atoms with Crippen LogP contribution in [0.15, 0.2) is 30.3 Å². The second-order valence-corrected chi connectivity index (χ2v) is 5.63. The quantitative estimate of drug-likeness (QED) is 0.742. The Hall–Kier alpha value is -2.37. The number of nitrogens with one attached hydrogen (secondary N) is 2. The van der Waals surface area contributed by atoms with E-state index in [-0.39, 0.29) is 17.7 Å². The van der Waals surface area contributed by atoms with Gasteiger partial charge in [0.25, 0.3) is 0 Å². The number of benzene rings is 1. The van der Waals surface area contributed by atoms with Crippen LogP contribution in [0.5, 0.6) is 0 Å². The van der Waals surface area contributed by atoms with Crippen molar-refractivity contribution in [3.05, 3.63) is 30.3 Å². The normalized spacial score (nSPS) is 17.2. The molecule has 1 heterocycles. The van der Waals surface area contributed by atoms with Gasteiger partial charge in [-0.15, -0.1) is 0 Å². The van der Waals surface area contributed by atoms with Crippen molar-refractivity contribution in [2.45, 2.75) is 38.6 Å². The standard InChI is InChI=1S/C17H23N3O3/c1-13(21)18-11-5-6-12-19-17(23)15-9-10-16(22)20(15)14-7-3-2-4-8-14/h2-4,7-8,15H,5-6,9-12H2,1H3,(H,18,21)(H,19,23). The molecule has 6 heteroatoms. The molecule has 0 radical (unpaired) electrons. The third kappa shape index (κ3) is 4.81. The Kier molecular flexibility index (Phi) is 6.14. The van der Waals surface area contributed by atoms with E-state index in [1.165, 1.54) is 6.92 Å². The maximum Gasteiger partial charge on any atom is 0.243 e. The van der Waals surface area contributed by atoms with Gasteiger partial charge in [-0.3, -0.25) is 19.3 Å². The lowest BCUT2D eigenvalue weighted by Crippen LogP contribution is -2.45. The summed E-state index contributed by atoms with van der Waals surface area (Å²) in [4.78, 5) is 36.7. The van der Waals surface area contributed by atoms with Gasteiger partial charge in [-0.1, -0.05) is 18.2 Å². The van der Waals surface area contributed by atoms with Crippen molar-refractivity contribution in [3.63, 3.8) is 0 Å². The summed E-state index contributed by atoms with van der Waals surface area (Å²) in [6.45, 7) is 2.64. The number of anilines is 1. The molecule has 0 bridgehead atoms. The van der Waals surface area contributed by atoms with Gasteiger partial charge >= 0.3 is 0 Å². The zero-order valence-corrected chi connectivity index (χ0v) is 13.4. The van der Waals surface area contributed by atoms with Crippen molar-refractivity contribution in [3.8, 4) is 0 Å². The van der Waals surface area contributed by atoms with Crippen LogP contribution in [0, 0.1) is 0 Å². The van der Waals surface area contributed by atoms with Crippen LogP contribution < -0.4 is 15.5 Å². The van der Waals surface area contributed by atoms with Gasteiger partial charge in [0.1, 0.15) is 6.04 Å². The second kappa shape index (κ2) is 8.31. The van der Waals surface area contributed by atoms with Gasteiger partial charge in [-0.05, 0) is 31.4 Å². The van der Waals surface area contributed by atoms with E-state index < -0.39 is 6.04 Å². The molecule has 1 aliphatic heterocycles. The smallest absolute Gasteiger partial charge is 0.243 e. The highest BCUT2D eigenvalue weighted by Crippen LogP contribution is 2.26. The molecule has 0 aliphatic carbocycles. The molecule has 0 saturated carbocycles. The number of carbonyl (C=O) groups is 3. The Morgan fingerprint density at radius 2 is 1.78 bits per heavy atom. The largest absolute Gasteiger partial charge is 0.356 e. The molecule has 1 fully saturated rings. The van der Waals surface area contributed by atoms with Crippen LogP contribution in [0.2, 0.25) is 0 Å². The number of para-hydroxylation sites is 1. The first kappa shape index (κ1) is 17.0. The Labute approximate surface area is 136 Å². The minimum Gasteiger partial charge on any atom is -0.356 e. The molecule has 1 atom stereocenters. The van der Waals surface area contributed by atoms with Gasteiger partial charge in [0.15, 0.2) is 0 Å². The van der Waals surface area contributed by atoms with E-state index in [4.69, 9.17) is 0 Å². The Balaban J connectivity index is 1.81. The molecule has 2 N–H and O–H groups in total. The molecule has 3 amide bonds. The maximum atomic E-state index is 12.3. The first-order valence-electron chi connectivity index (χ1n) is 7.99. The minimum atomic E-state index is -0.430. The van der Waals surface area contributed by atoms with Crippen molar-refractivity contribution in [2.75, 3.05) is 18.0 Å². The average Bonchev–Trinajstić information content (AvgIpc) is 2.93. The van der Waals surface area contributed by atoms with E-state index in [1.807, 2.05) is 30.3 Å². The summed E-state index contributed by atoms with van der Waals surface area (Å²) in [5, 5.41) is 5.61. The molecular formula is C17H23N3O3. The predicted octanol–water partition coefficient (Wildman–Crippen LogP) is 1.21. The number of unbranched alkanes of at least 4 members (excludes halogenated alkanes) is 1. The lowest BCUT2D eigenvalue weighted by atomic mass is 10.2. The third-order valence-electron chi connectivity index (χ3n) is 3.83. The molecule has 6 nitrogen and oxygen atoms in total. The first-order chi connectivity index (χ1) is 11.1. The number of amides is 3. The fourth-order valence-corrected chi connectivity index (χ4v) is 2.69. The van der Waals surface area contributed by atoms with Gasteiger partial charge < -0.3 is 10.6 Å². The number of rotatable bonds is 7. The minimum absolute atomic E-state index is 0.0120. The summed E-state index contributed by atoms with van der Waals surface area (Å²) >= 11 is 0. The van der Waals surface area contributed by atoms with Crippen LogP contribution in [0.3, 0.4) is 0 Å². The van der Waals surface area contributed by atoms with Crippen molar-refractivity contribution in [1.82, 2.24) is 10.6 Å². The third-order valence-corrected chi connectivity index (χ3v) is 3.83. The average molecular weight is 317 g/mol. The predicted molar refractivity (Wildman–Crippen MR) is 87.9 cm³/mol. The summed E-state index contributed by atoms with van der Waals surface area (Å²) in [5.41, 5.74) is 0.765. The second-order valence-electron chi connectivity index (χ2n) is 5.63. The van der Waals surface area contributed by atoms with Crippen LogP contribution in [-0.2, 0) is 14.4 Å². The molecule has 2 rings (SSSR count). The molecule has 1 aromatic rings. The van der Waals surface area contributed by atoms with E-state index in [1.54, 1.807) is 4.90 Å². The molecule has 124 valence electrons. The molecule has 1 unspecified atom stereocenters. The van der Waals surface area contributed by atoms with Crippen LogP contribution in [0.4, 0.5) is 5.69 Å². The van der Waals surface area contributed by atoms with E-state index in [2.05, 4.69) is 10.6 Å². The fourth-order valence-electron chi connectivity index (χ4n) is 2.69. The zero-order chi connectivity index (χ0) is 16.7. The van der Waals surface area contributed by atoms with E-state index in [0.29, 0.717) is 25.9 Å². The van der Waals surface area contributed by atoms with E-state index >= 15 is 0 Å². The topological polar surface area (TPSA) is 78.5 Å². The first-order valence-corrected chi connectivity index (χ1v) is 7.99. The van der Waals surface area contributed by atoms with Crippen LogP contribution in [-0.4, -0.2) is 36.9 Å². The SMILES string of the molecule is CC(=O)NCCCCNC(=O)C1CCC(=O)N1c1ccccc1. The van der Waals surface area contributed by atoms with Gasteiger partial charge in [0.2, 0.25) is 17.7 Å². The van der Waals surface area contributed by atoms with Crippen LogP contribution in [0.1, 0.15) is 32.6 Å². The fraction of sp³-hybridized carbons (Fsp3) is 0.471. The van der Waals surface area contributed by atoms with Gasteiger partial charge in [-0.2, -0.15) is 0 Å². The highest BCUT2D eigenvalue weighted by atomic mass is 16.2. The van der Waals surface area contributed by atoms with E-state index in [0.717, 1.165) is 18.5 Å². The Morgan fingerprint density at radius 3 is 2.43 bits per heavy atom. The van der Waals surface area contributed by atoms with Crippen molar-refractivity contribution in [2.24, 2.45) is 0 Å². The number of hydrogen-bond acceptors (Lipinski definition) is 3. The summed E-state index contributed by atoms with van der Waals surface area (Å²) in [6.07, 6.45) is 2.55.